The van der Waals surface area contributed by atoms with Crippen molar-refractivity contribution in [1.29, 1.82) is 0 Å². The van der Waals surface area contributed by atoms with Gasteiger partial charge in [0.05, 0.1) is 22.4 Å². The first-order valence-electron chi connectivity index (χ1n) is 6.92. The number of hydrogen-bond acceptors (Lipinski definition) is 3. The van der Waals surface area contributed by atoms with Crippen molar-refractivity contribution < 1.29 is 0 Å². The fourth-order valence-electron chi connectivity index (χ4n) is 2.36. The summed E-state index contributed by atoms with van der Waals surface area (Å²) in [4.78, 5) is 4.17. The number of halogens is 1. The number of hydrogen-bond donors (Lipinski definition) is 1. The van der Waals surface area contributed by atoms with E-state index in [2.05, 4.69) is 55.9 Å². The lowest BCUT2D eigenvalue weighted by molar-refractivity contribution is 0.445. The van der Waals surface area contributed by atoms with Gasteiger partial charge in [0, 0.05) is 18.4 Å². The largest absolute Gasteiger partial charge is 0.312 e. The average molecular weight is 337 g/mol. The molecule has 0 spiro atoms. The van der Waals surface area contributed by atoms with E-state index in [4.69, 9.17) is 0 Å². The third-order valence-electron chi connectivity index (χ3n) is 3.40. The van der Waals surface area contributed by atoms with Crippen molar-refractivity contribution in [2.45, 2.75) is 38.8 Å². The molecule has 1 unspecified atom stereocenters. The Hall–Kier alpha value is -1.20. The van der Waals surface area contributed by atoms with Crippen LogP contribution in [0.15, 0.2) is 35.2 Å². The number of aryl methyl sites for hydroxylation is 1. The second kappa shape index (κ2) is 6.99. The number of rotatable bonds is 6. The molecule has 0 aromatic carbocycles. The summed E-state index contributed by atoms with van der Waals surface area (Å²) in [5, 5.41) is 7.86. The number of nitrogens with zero attached hydrogens (tertiary/aromatic N) is 3. The Labute approximate surface area is 128 Å². The van der Waals surface area contributed by atoms with Gasteiger partial charge in [-0.3, -0.25) is 9.67 Å². The third-order valence-corrected chi connectivity index (χ3v) is 4.01. The van der Waals surface area contributed by atoms with Crippen molar-refractivity contribution in [2.24, 2.45) is 0 Å². The molecule has 0 radical (unpaired) electrons. The minimum Gasteiger partial charge on any atom is -0.312 e. The Balaban J connectivity index is 2.14. The van der Waals surface area contributed by atoms with Crippen molar-refractivity contribution in [1.82, 2.24) is 20.1 Å². The molecule has 108 valence electrons. The van der Waals surface area contributed by atoms with Gasteiger partial charge in [0.1, 0.15) is 0 Å². The minimum absolute atomic E-state index is 0.273. The zero-order chi connectivity index (χ0) is 14.5. The summed E-state index contributed by atoms with van der Waals surface area (Å²) in [5.74, 6) is 0. The molecule has 5 heteroatoms. The zero-order valence-corrected chi connectivity index (χ0v) is 13.8. The van der Waals surface area contributed by atoms with Crippen molar-refractivity contribution in [3.05, 3.63) is 46.5 Å². The van der Waals surface area contributed by atoms with Crippen molar-refractivity contribution >= 4 is 15.9 Å². The van der Waals surface area contributed by atoms with Crippen LogP contribution in [0.4, 0.5) is 0 Å². The summed E-state index contributed by atoms with van der Waals surface area (Å²) in [6.07, 6.45) is 7.63. The molecule has 0 saturated heterocycles. The quantitative estimate of drug-likeness (QED) is 0.877. The molecular formula is C15H21BrN4. The van der Waals surface area contributed by atoms with E-state index < -0.39 is 0 Å². The lowest BCUT2D eigenvalue weighted by Crippen LogP contribution is -2.22. The van der Waals surface area contributed by atoms with Gasteiger partial charge in [-0.05, 0) is 61.3 Å². The molecule has 0 aliphatic rings. The lowest BCUT2D eigenvalue weighted by atomic mass is 10.0. The second-order valence-electron chi connectivity index (χ2n) is 5.16. The summed E-state index contributed by atoms with van der Waals surface area (Å²) in [6.45, 7) is 4.30. The minimum atomic E-state index is 0.273. The Morgan fingerprint density at radius 3 is 2.75 bits per heavy atom. The zero-order valence-electron chi connectivity index (χ0n) is 12.2. The predicted octanol–water partition coefficient (Wildman–Crippen LogP) is 3.51. The van der Waals surface area contributed by atoms with E-state index in [0.717, 1.165) is 17.3 Å². The van der Waals surface area contributed by atoms with Crippen LogP contribution in [-0.4, -0.2) is 21.8 Å². The summed E-state index contributed by atoms with van der Waals surface area (Å²) >= 11 is 3.62. The molecule has 0 saturated carbocycles. The van der Waals surface area contributed by atoms with Crippen LogP contribution in [0.25, 0.3) is 0 Å². The first-order chi connectivity index (χ1) is 9.63. The maximum Gasteiger partial charge on any atom is 0.0698 e. The van der Waals surface area contributed by atoms with Gasteiger partial charge in [0.15, 0.2) is 0 Å². The van der Waals surface area contributed by atoms with E-state index in [1.54, 1.807) is 0 Å². The van der Waals surface area contributed by atoms with Gasteiger partial charge in [-0.25, -0.2) is 0 Å². The van der Waals surface area contributed by atoms with E-state index >= 15 is 0 Å². The molecule has 2 aromatic heterocycles. The standard InChI is InChI=1S/C15H21BrN4/c1-11(2)20-15(13(16)10-19-20)14(17-3)7-6-12-5-4-8-18-9-12/h4-5,8-11,14,17H,6-7H2,1-3H3. The van der Waals surface area contributed by atoms with Crippen LogP contribution < -0.4 is 5.32 Å². The third kappa shape index (κ3) is 3.46. The molecule has 0 amide bonds. The Morgan fingerprint density at radius 1 is 1.35 bits per heavy atom. The molecule has 1 N–H and O–H groups in total. The van der Waals surface area contributed by atoms with Crippen molar-refractivity contribution in [3.63, 3.8) is 0 Å². The topological polar surface area (TPSA) is 42.7 Å². The maximum absolute atomic E-state index is 4.46. The molecule has 2 aromatic rings. The van der Waals surface area contributed by atoms with Crippen LogP contribution in [-0.2, 0) is 6.42 Å². The van der Waals surface area contributed by atoms with E-state index in [0.29, 0.717) is 6.04 Å². The highest BCUT2D eigenvalue weighted by Crippen LogP contribution is 2.28. The first kappa shape index (κ1) is 15.2. The smallest absolute Gasteiger partial charge is 0.0698 e. The highest BCUT2D eigenvalue weighted by atomic mass is 79.9. The van der Waals surface area contributed by atoms with E-state index in [1.165, 1.54) is 11.3 Å². The van der Waals surface area contributed by atoms with Crippen LogP contribution in [0.3, 0.4) is 0 Å². The second-order valence-corrected chi connectivity index (χ2v) is 6.01. The monoisotopic (exact) mass is 336 g/mol. The summed E-state index contributed by atoms with van der Waals surface area (Å²) in [6, 6.07) is 4.73. The van der Waals surface area contributed by atoms with E-state index in [-0.39, 0.29) is 6.04 Å². The molecule has 2 rings (SSSR count). The van der Waals surface area contributed by atoms with Crippen molar-refractivity contribution in [3.8, 4) is 0 Å². The van der Waals surface area contributed by atoms with Crippen LogP contribution in [0.5, 0.6) is 0 Å². The number of pyridine rings is 1. The van der Waals surface area contributed by atoms with Gasteiger partial charge in [-0.2, -0.15) is 5.10 Å². The number of aromatic nitrogens is 3. The molecule has 20 heavy (non-hydrogen) atoms. The van der Waals surface area contributed by atoms with Crippen LogP contribution in [0.2, 0.25) is 0 Å². The van der Waals surface area contributed by atoms with Crippen LogP contribution in [0.1, 0.15) is 43.6 Å². The van der Waals surface area contributed by atoms with Crippen LogP contribution in [0, 0.1) is 0 Å². The van der Waals surface area contributed by atoms with Gasteiger partial charge < -0.3 is 5.32 Å². The fourth-order valence-corrected chi connectivity index (χ4v) is 2.91. The van der Waals surface area contributed by atoms with Gasteiger partial charge in [0.2, 0.25) is 0 Å². The lowest BCUT2D eigenvalue weighted by Gasteiger charge is -2.20. The highest BCUT2D eigenvalue weighted by Gasteiger charge is 2.20. The SMILES string of the molecule is CNC(CCc1cccnc1)c1c(Br)cnn1C(C)C. The normalized spacial score (nSPS) is 12.8. The molecular weight excluding hydrogens is 316 g/mol. The van der Waals surface area contributed by atoms with Gasteiger partial charge in [0.25, 0.3) is 0 Å². The molecule has 2 heterocycles. The summed E-state index contributed by atoms with van der Waals surface area (Å²) < 4.78 is 3.14. The highest BCUT2D eigenvalue weighted by molar-refractivity contribution is 9.10. The predicted molar refractivity (Wildman–Crippen MR) is 84.7 cm³/mol. The molecule has 4 nitrogen and oxygen atoms in total. The van der Waals surface area contributed by atoms with Crippen molar-refractivity contribution in [2.75, 3.05) is 7.05 Å². The Kier molecular flexibility index (Phi) is 5.31. The van der Waals surface area contributed by atoms with Crippen LogP contribution >= 0.6 is 15.9 Å². The molecule has 0 fully saturated rings. The van der Waals surface area contributed by atoms with Gasteiger partial charge in [-0.1, -0.05) is 6.07 Å². The van der Waals surface area contributed by atoms with Gasteiger partial charge in [-0.15, -0.1) is 0 Å². The fraction of sp³-hybridized carbons (Fsp3) is 0.467. The maximum atomic E-state index is 4.46. The molecule has 0 aliphatic carbocycles. The molecule has 0 bridgehead atoms. The van der Waals surface area contributed by atoms with E-state index in [1.807, 2.05) is 31.7 Å². The Morgan fingerprint density at radius 2 is 2.15 bits per heavy atom. The first-order valence-corrected chi connectivity index (χ1v) is 7.71. The Bertz CT molecular complexity index is 536. The molecule has 1 atom stereocenters. The van der Waals surface area contributed by atoms with Gasteiger partial charge >= 0.3 is 0 Å². The summed E-state index contributed by atoms with van der Waals surface area (Å²) in [7, 11) is 2.00. The number of nitrogens with one attached hydrogen (secondary N) is 1. The van der Waals surface area contributed by atoms with E-state index in [9.17, 15) is 0 Å². The average Bonchev–Trinajstić information content (AvgIpc) is 2.83. The summed E-state index contributed by atoms with van der Waals surface area (Å²) in [5.41, 5.74) is 2.48. The molecule has 0 aliphatic heterocycles.